The van der Waals surface area contributed by atoms with Crippen molar-refractivity contribution in [1.29, 1.82) is 0 Å². The van der Waals surface area contributed by atoms with Crippen molar-refractivity contribution in [2.24, 2.45) is 0 Å². The minimum atomic E-state index is 0.0871. The van der Waals surface area contributed by atoms with Crippen LogP contribution in [0.5, 0.6) is 0 Å². The molecule has 0 aromatic heterocycles. The van der Waals surface area contributed by atoms with Crippen molar-refractivity contribution in [2.45, 2.75) is 31.1 Å². The number of anilines is 2. The zero-order valence-electron chi connectivity index (χ0n) is 14.7. The van der Waals surface area contributed by atoms with Crippen LogP contribution in [0.2, 0.25) is 0 Å². The summed E-state index contributed by atoms with van der Waals surface area (Å²) >= 11 is 1.75. The molecule has 0 atom stereocenters. The molecule has 0 fully saturated rings. The molecular formula is C20H26N2OS. The minimum absolute atomic E-state index is 0.0871. The summed E-state index contributed by atoms with van der Waals surface area (Å²) in [7, 11) is 4.07. The maximum absolute atomic E-state index is 12.2. The topological polar surface area (TPSA) is 32.3 Å². The van der Waals surface area contributed by atoms with E-state index in [1.54, 1.807) is 11.8 Å². The molecule has 0 saturated carbocycles. The molecule has 3 nitrogen and oxygen atoms in total. The van der Waals surface area contributed by atoms with Crippen LogP contribution in [0.4, 0.5) is 11.4 Å². The average molecular weight is 343 g/mol. The van der Waals surface area contributed by atoms with Crippen molar-refractivity contribution in [3.63, 3.8) is 0 Å². The van der Waals surface area contributed by atoms with Gasteiger partial charge in [-0.1, -0.05) is 31.2 Å². The second-order valence-electron chi connectivity index (χ2n) is 5.89. The molecule has 24 heavy (non-hydrogen) atoms. The van der Waals surface area contributed by atoms with E-state index in [9.17, 15) is 4.79 Å². The lowest BCUT2D eigenvalue weighted by molar-refractivity contribution is -0.116. The molecule has 0 aliphatic heterocycles. The van der Waals surface area contributed by atoms with Gasteiger partial charge in [-0.05, 0) is 48.4 Å². The summed E-state index contributed by atoms with van der Waals surface area (Å²) in [5, 5.41) is 3.04. The van der Waals surface area contributed by atoms with Crippen molar-refractivity contribution < 1.29 is 4.79 Å². The van der Waals surface area contributed by atoms with E-state index < -0.39 is 0 Å². The van der Waals surface area contributed by atoms with Gasteiger partial charge in [0.2, 0.25) is 5.91 Å². The molecule has 4 heteroatoms. The second-order valence-corrected chi connectivity index (χ2v) is 7.20. The Hall–Kier alpha value is -1.94. The van der Waals surface area contributed by atoms with E-state index in [0.29, 0.717) is 6.42 Å². The Kier molecular flexibility index (Phi) is 7.19. The third-order valence-corrected chi connectivity index (χ3v) is 4.74. The minimum Gasteiger partial charge on any atom is -0.378 e. The van der Waals surface area contributed by atoms with E-state index in [2.05, 4.69) is 47.5 Å². The zero-order chi connectivity index (χ0) is 17.4. The fourth-order valence-electron chi connectivity index (χ4n) is 2.48. The first-order valence-corrected chi connectivity index (χ1v) is 9.36. The molecule has 0 unspecified atom stereocenters. The van der Waals surface area contributed by atoms with E-state index in [1.165, 1.54) is 11.3 Å². The number of carbonyl (C=O) groups excluding carboxylic acids is 1. The molecule has 0 heterocycles. The molecule has 1 N–H and O–H groups in total. The van der Waals surface area contributed by atoms with Gasteiger partial charge in [-0.25, -0.2) is 0 Å². The van der Waals surface area contributed by atoms with Gasteiger partial charge in [-0.2, -0.15) is 0 Å². The van der Waals surface area contributed by atoms with Gasteiger partial charge >= 0.3 is 0 Å². The molecule has 0 saturated heterocycles. The maximum Gasteiger partial charge on any atom is 0.224 e. The molecular weight excluding hydrogens is 316 g/mol. The Balaban J connectivity index is 1.81. The molecule has 0 bridgehead atoms. The second kappa shape index (κ2) is 9.38. The van der Waals surface area contributed by atoms with Crippen LogP contribution < -0.4 is 10.2 Å². The highest BCUT2D eigenvalue weighted by atomic mass is 32.2. The van der Waals surface area contributed by atoms with E-state index >= 15 is 0 Å². The summed E-state index contributed by atoms with van der Waals surface area (Å²) in [4.78, 5) is 15.4. The van der Waals surface area contributed by atoms with E-state index in [-0.39, 0.29) is 5.91 Å². The lowest BCUT2D eigenvalue weighted by atomic mass is 10.1. The Morgan fingerprint density at radius 3 is 2.46 bits per heavy atom. The molecule has 0 aliphatic rings. The predicted octanol–water partition coefficient (Wildman–Crippen LogP) is 4.83. The number of nitrogens with one attached hydrogen (secondary N) is 1. The van der Waals surface area contributed by atoms with Crippen LogP contribution in [0, 0.1) is 0 Å². The van der Waals surface area contributed by atoms with Gasteiger partial charge in [-0.3, -0.25) is 4.79 Å². The van der Waals surface area contributed by atoms with Crippen molar-refractivity contribution in [3.8, 4) is 0 Å². The highest BCUT2D eigenvalue weighted by Crippen LogP contribution is 2.26. The Labute approximate surface area is 149 Å². The summed E-state index contributed by atoms with van der Waals surface area (Å²) in [5.74, 6) is 1.08. The van der Waals surface area contributed by atoms with E-state index in [0.717, 1.165) is 29.2 Å². The predicted molar refractivity (Wildman–Crippen MR) is 105 cm³/mol. The van der Waals surface area contributed by atoms with Gasteiger partial charge in [0.05, 0.1) is 5.69 Å². The molecule has 0 spiro atoms. The van der Waals surface area contributed by atoms with Crippen LogP contribution in [-0.2, 0) is 11.2 Å². The van der Waals surface area contributed by atoms with Crippen molar-refractivity contribution in [2.75, 3.05) is 30.1 Å². The van der Waals surface area contributed by atoms with Crippen LogP contribution in [0.3, 0.4) is 0 Å². The van der Waals surface area contributed by atoms with Gasteiger partial charge in [0, 0.05) is 31.1 Å². The monoisotopic (exact) mass is 342 g/mol. The largest absolute Gasteiger partial charge is 0.378 e. The number of nitrogens with zero attached hydrogens (tertiary/aromatic N) is 1. The Morgan fingerprint density at radius 2 is 1.79 bits per heavy atom. The first-order chi connectivity index (χ1) is 11.6. The summed E-state index contributed by atoms with van der Waals surface area (Å²) in [6, 6.07) is 16.5. The van der Waals surface area contributed by atoms with Crippen molar-refractivity contribution in [1.82, 2.24) is 0 Å². The molecule has 2 aromatic rings. The standard InChI is InChI=1S/C20H26N2OS/c1-4-24-19-10-6-5-9-18(19)21-20(23)11-7-8-16-12-14-17(15-13-16)22(2)3/h5-6,9-10,12-15H,4,7-8,11H2,1-3H3,(H,21,23). The van der Waals surface area contributed by atoms with Crippen LogP contribution in [0.25, 0.3) is 0 Å². The Bertz CT molecular complexity index is 653. The van der Waals surface area contributed by atoms with Crippen molar-refractivity contribution in [3.05, 3.63) is 54.1 Å². The van der Waals surface area contributed by atoms with Crippen LogP contribution in [0.15, 0.2) is 53.4 Å². The van der Waals surface area contributed by atoms with Gasteiger partial charge in [-0.15, -0.1) is 11.8 Å². The van der Waals surface area contributed by atoms with Crippen LogP contribution in [-0.4, -0.2) is 25.8 Å². The summed E-state index contributed by atoms with van der Waals surface area (Å²) < 4.78 is 0. The first kappa shape index (κ1) is 18.4. The molecule has 0 aliphatic carbocycles. The quantitative estimate of drug-likeness (QED) is 0.698. The molecule has 128 valence electrons. The highest BCUT2D eigenvalue weighted by molar-refractivity contribution is 7.99. The number of aryl methyl sites for hydroxylation is 1. The fourth-order valence-corrected chi connectivity index (χ4v) is 3.24. The van der Waals surface area contributed by atoms with E-state index in [1.807, 2.05) is 32.3 Å². The SMILES string of the molecule is CCSc1ccccc1NC(=O)CCCc1ccc(N(C)C)cc1. The van der Waals surface area contributed by atoms with Crippen molar-refractivity contribution >= 4 is 29.0 Å². The smallest absolute Gasteiger partial charge is 0.224 e. The van der Waals surface area contributed by atoms with Crippen LogP contribution in [0.1, 0.15) is 25.3 Å². The summed E-state index contributed by atoms with van der Waals surface area (Å²) in [5.41, 5.74) is 3.39. The lowest BCUT2D eigenvalue weighted by Crippen LogP contribution is -2.12. The van der Waals surface area contributed by atoms with Gasteiger partial charge in [0.1, 0.15) is 0 Å². The maximum atomic E-state index is 12.2. The number of para-hydroxylation sites is 1. The van der Waals surface area contributed by atoms with Crippen LogP contribution >= 0.6 is 11.8 Å². The van der Waals surface area contributed by atoms with Gasteiger partial charge < -0.3 is 10.2 Å². The molecule has 2 aromatic carbocycles. The van der Waals surface area contributed by atoms with E-state index in [4.69, 9.17) is 0 Å². The summed E-state index contributed by atoms with van der Waals surface area (Å²) in [6.07, 6.45) is 2.32. The van der Waals surface area contributed by atoms with Gasteiger partial charge in [0.25, 0.3) is 0 Å². The number of benzene rings is 2. The van der Waals surface area contributed by atoms with Gasteiger partial charge in [0.15, 0.2) is 0 Å². The Morgan fingerprint density at radius 1 is 1.08 bits per heavy atom. The molecule has 0 radical (unpaired) electrons. The fraction of sp³-hybridized carbons (Fsp3) is 0.350. The number of rotatable bonds is 8. The summed E-state index contributed by atoms with van der Waals surface area (Å²) in [6.45, 7) is 2.12. The number of hydrogen-bond acceptors (Lipinski definition) is 3. The number of thioether (sulfide) groups is 1. The average Bonchev–Trinajstić information content (AvgIpc) is 2.57. The first-order valence-electron chi connectivity index (χ1n) is 8.38. The zero-order valence-corrected chi connectivity index (χ0v) is 15.5. The number of hydrogen-bond donors (Lipinski definition) is 1. The lowest BCUT2D eigenvalue weighted by Gasteiger charge is -2.12. The third-order valence-electron chi connectivity index (χ3n) is 3.78. The normalized spacial score (nSPS) is 10.5. The highest BCUT2D eigenvalue weighted by Gasteiger charge is 2.07. The molecule has 1 amide bonds. The number of carbonyl (C=O) groups is 1. The number of amides is 1. The third kappa shape index (κ3) is 5.60. The molecule has 2 rings (SSSR count).